The zero-order valence-corrected chi connectivity index (χ0v) is 18.5. The highest BCUT2D eigenvalue weighted by Crippen LogP contribution is 2.29. The molecule has 0 heterocycles. The number of unbranched alkanes of at least 4 members (excludes halogenated alkanes) is 1. The average Bonchev–Trinajstić information content (AvgIpc) is 2.52. The standard InChI is InChI=1S/C20H33BrO5/c1-9-10-11-12-24-17(23)20(8,13-25-15(2)18(3,4)5)14-26-16(22)19(6,7)21/h9H,1-2,10-14H2,3-8H3. The van der Waals surface area contributed by atoms with E-state index in [0.29, 0.717) is 12.2 Å². The summed E-state index contributed by atoms with van der Waals surface area (Å²) in [5.41, 5.74) is -1.39. The van der Waals surface area contributed by atoms with Crippen LogP contribution in [0.2, 0.25) is 0 Å². The van der Waals surface area contributed by atoms with E-state index in [1.165, 1.54) is 0 Å². The molecule has 6 heteroatoms. The van der Waals surface area contributed by atoms with Gasteiger partial charge in [0, 0.05) is 5.41 Å². The molecule has 0 spiro atoms. The summed E-state index contributed by atoms with van der Waals surface area (Å²) in [6.07, 6.45) is 3.21. The van der Waals surface area contributed by atoms with Crippen LogP contribution in [0.15, 0.2) is 25.0 Å². The molecular weight excluding hydrogens is 400 g/mol. The molecule has 150 valence electrons. The SMILES string of the molecule is C=CCCCOC(=O)C(C)(COC(=C)C(C)(C)C)COC(=O)C(C)(C)Br. The Bertz CT molecular complexity index is 481. The van der Waals surface area contributed by atoms with E-state index in [1.54, 1.807) is 26.8 Å². The number of halogens is 1. The quantitative estimate of drug-likeness (QED) is 0.154. The number of rotatable bonds is 11. The third-order valence-corrected chi connectivity index (χ3v) is 4.01. The minimum atomic E-state index is -1.13. The van der Waals surface area contributed by atoms with Gasteiger partial charge in [0.05, 0.1) is 12.4 Å². The average molecular weight is 433 g/mol. The number of ether oxygens (including phenoxy) is 3. The summed E-state index contributed by atoms with van der Waals surface area (Å²) < 4.78 is 15.6. The van der Waals surface area contributed by atoms with Gasteiger partial charge in [-0.25, -0.2) is 0 Å². The van der Waals surface area contributed by atoms with Gasteiger partial charge in [-0.3, -0.25) is 9.59 Å². The van der Waals surface area contributed by atoms with Gasteiger partial charge in [0.15, 0.2) is 0 Å². The minimum absolute atomic E-state index is 0.0133. The molecule has 0 aromatic rings. The molecule has 0 saturated carbocycles. The third kappa shape index (κ3) is 8.88. The van der Waals surface area contributed by atoms with Gasteiger partial charge >= 0.3 is 11.9 Å². The lowest BCUT2D eigenvalue weighted by atomic mass is 9.91. The van der Waals surface area contributed by atoms with Crippen molar-refractivity contribution in [2.45, 2.75) is 58.7 Å². The Morgan fingerprint density at radius 1 is 0.962 bits per heavy atom. The second-order valence-corrected chi connectivity index (χ2v) is 10.1. The van der Waals surface area contributed by atoms with Gasteiger partial charge in [0.2, 0.25) is 0 Å². The van der Waals surface area contributed by atoms with Crippen molar-refractivity contribution < 1.29 is 23.8 Å². The van der Waals surface area contributed by atoms with Gasteiger partial charge in [-0.15, -0.1) is 6.58 Å². The largest absolute Gasteiger partial charge is 0.497 e. The molecule has 26 heavy (non-hydrogen) atoms. The fraction of sp³-hybridized carbons (Fsp3) is 0.700. The minimum Gasteiger partial charge on any atom is -0.497 e. The van der Waals surface area contributed by atoms with Crippen LogP contribution in [-0.2, 0) is 23.8 Å². The zero-order valence-electron chi connectivity index (χ0n) is 16.9. The highest BCUT2D eigenvalue weighted by atomic mass is 79.9. The lowest BCUT2D eigenvalue weighted by Gasteiger charge is -2.30. The first kappa shape index (κ1) is 24.7. The molecule has 0 bridgehead atoms. The molecule has 0 fully saturated rings. The third-order valence-electron chi connectivity index (χ3n) is 3.69. The normalized spacial score (nSPS) is 14.1. The van der Waals surface area contributed by atoms with Crippen molar-refractivity contribution in [1.29, 1.82) is 0 Å². The summed E-state index contributed by atoms with van der Waals surface area (Å²) in [6, 6.07) is 0. The molecule has 0 aromatic carbocycles. The number of hydrogen-bond acceptors (Lipinski definition) is 5. The topological polar surface area (TPSA) is 61.8 Å². The first-order chi connectivity index (χ1) is 11.7. The summed E-state index contributed by atoms with van der Waals surface area (Å²) in [5, 5.41) is 0. The number of esters is 2. The molecule has 5 nitrogen and oxygen atoms in total. The van der Waals surface area contributed by atoms with Crippen LogP contribution in [0.25, 0.3) is 0 Å². The predicted octanol–water partition coefficient (Wildman–Crippen LogP) is 4.80. The number of hydrogen-bond donors (Lipinski definition) is 0. The second-order valence-electron chi connectivity index (χ2n) is 8.14. The maximum absolute atomic E-state index is 12.6. The first-order valence-electron chi connectivity index (χ1n) is 8.70. The smallest absolute Gasteiger partial charge is 0.322 e. The molecule has 0 saturated heterocycles. The summed E-state index contributed by atoms with van der Waals surface area (Å²) in [5.74, 6) is -0.378. The van der Waals surface area contributed by atoms with E-state index >= 15 is 0 Å². The first-order valence-corrected chi connectivity index (χ1v) is 9.50. The maximum atomic E-state index is 12.6. The van der Waals surface area contributed by atoms with E-state index in [-0.39, 0.29) is 25.2 Å². The summed E-state index contributed by atoms with van der Waals surface area (Å²) in [4.78, 5) is 24.6. The van der Waals surface area contributed by atoms with Gasteiger partial charge in [-0.05, 0) is 33.6 Å². The van der Waals surface area contributed by atoms with Crippen LogP contribution >= 0.6 is 15.9 Å². The molecule has 1 unspecified atom stereocenters. The van der Waals surface area contributed by atoms with Gasteiger partial charge < -0.3 is 14.2 Å². The Labute approximate surface area is 166 Å². The lowest BCUT2D eigenvalue weighted by Crippen LogP contribution is -2.42. The second kappa shape index (κ2) is 10.1. The maximum Gasteiger partial charge on any atom is 0.322 e. The van der Waals surface area contributed by atoms with Crippen molar-refractivity contribution in [1.82, 2.24) is 0 Å². The Kier molecular flexibility index (Phi) is 9.64. The highest BCUT2D eigenvalue weighted by Gasteiger charge is 2.40. The van der Waals surface area contributed by atoms with Crippen LogP contribution in [0.4, 0.5) is 0 Å². The fourth-order valence-corrected chi connectivity index (χ4v) is 1.70. The number of allylic oxidation sites excluding steroid dienone is 2. The molecule has 0 aliphatic carbocycles. The zero-order chi connectivity index (χ0) is 20.6. The van der Waals surface area contributed by atoms with Crippen molar-refractivity contribution in [3.05, 3.63) is 25.0 Å². The molecular formula is C20H33BrO5. The van der Waals surface area contributed by atoms with E-state index < -0.39 is 21.7 Å². The number of carbonyl (C=O) groups excluding carboxylic acids is 2. The van der Waals surface area contributed by atoms with Gasteiger partial charge in [-0.2, -0.15) is 0 Å². The Morgan fingerprint density at radius 2 is 1.50 bits per heavy atom. The number of carbonyl (C=O) groups is 2. The molecule has 0 amide bonds. The molecule has 0 aromatic heterocycles. The molecule has 0 aliphatic rings. The molecule has 0 aliphatic heterocycles. The fourth-order valence-electron chi connectivity index (χ4n) is 1.59. The van der Waals surface area contributed by atoms with Crippen LogP contribution in [0.5, 0.6) is 0 Å². The van der Waals surface area contributed by atoms with E-state index in [0.717, 1.165) is 6.42 Å². The van der Waals surface area contributed by atoms with Crippen LogP contribution in [-0.4, -0.2) is 36.1 Å². The van der Waals surface area contributed by atoms with Crippen molar-refractivity contribution in [2.24, 2.45) is 10.8 Å². The van der Waals surface area contributed by atoms with E-state index in [2.05, 4.69) is 29.1 Å². The summed E-state index contributed by atoms with van der Waals surface area (Å²) in [7, 11) is 0. The highest BCUT2D eigenvalue weighted by molar-refractivity contribution is 9.10. The van der Waals surface area contributed by atoms with Crippen molar-refractivity contribution >= 4 is 27.9 Å². The summed E-state index contributed by atoms with van der Waals surface area (Å²) >= 11 is 3.25. The van der Waals surface area contributed by atoms with E-state index in [9.17, 15) is 9.59 Å². The van der Waals surface area contributed by atoms with E-state index in [1.807, 2.05) is 20.8 Å². The van der Waals surface area contributed by atoms with Crippen LogP contribution in [0.1, 0.15) is 54.4 Å². The van der Waals surface area contributed by atoms with Crippen LogP contribution < -0.4 is 0 Å². The van der Waals surface area contributed by atoms with Gasteiger partial charge in [0.25, 0.3) is 0 Å². The molecule has 0 rings (SSSR count). The van der Waals surface area contributed by atoms with Crippen LogP contribution in [0.3, 0.4) is 0 Å². The van der Waals surface area contributed by atoms with Gasteiger partial charge in [0.1, 0.15) is 23.0 Å². The summed E-state index contributed by atoms with van der Waals surface area (Å²) in [6.45, 7) is 18.6. The van der Waals surface area contributed by atoms with Crippen molar-refractivity contribution in [3.63, 3.8) is 0 Å². The molecule has 0 radical (unpaired) electrons. The van der Waals surface area contributed by atoms with Crippen molar-refractivity contribution in [3.8, 4) is 0 Å². The van der Waals surface area contributed by atoms with Gasteiger partial charge in [-0.1, -0.05) is 49.4 Å². The monoisotopic (exact) mass is 432 g/mol. The molecule has 0 N–H and O–H groups in total. The Hall–Kier alpha value is -1.30. The van der Waals surface area contributed by atoms with E-state index in [4.69, 9.17) is 14.2 Å². The molecule has 1 atom stereocenters. The Morgan fingerprint density at radius 3 is 1.96 bits per heavy atom. The predicted molar refractivity (Wildman–Crippen MR) is 107 cm³/mol. The van der Waals surface area contributed by atoms with Crippen molar-refractivity contribution in [2.75, 3.05) is 19.8 Å². The van der Waals surface area contributed by atoms with Crippen LogP contribution in [0, 0.1) is 10.8 Å². The number of alkyl halides is 1. The lowest BCUT2D eigenvalue weighted by molar-refractivity contribution is -0.167. The Balaban J connectivity index is 5.05.